The predicted molar refractivity (Wildman–Crippen MR) is 202 cm³/mol. The van der Waals surface area contributed by atoms with Gasteiger partial charge in [0.1, 0.15) is 13.2 Å². The Morgan fingerprint density at radius 3 is 2.36 bits per heavy atom. The van der Waals surface area contributed by atoms with Crippen LogP contribution in [0.3, 0.4) is 0 Å². The summed E-state index contributed by atoms with van der Waals surface area (Å²) in [6.45, 7) is 0.812. The molecule has 2 heterocycles. The fourth-order valence-corrected chi connectivity index (χ4v) is 7.01. The Bertz CT molecular complexity index is 1650. The first-order valence-corrected chi connectivity index (χ1v) is 19.0. The molecule has 3 amide bonds. The van der Waals surface area contributed by atoms with Gasteiger partial charge in [0.2, 0.25) is 11.8 Å². The van der Waals surface area contributed by atoms with Crippen LogP contribution in [0, 0.1) is 11.8 Å². The third-order valence-corrected chi connectivity index (χ3v) is 10.1. The monoisotopic (exact) mass is 723 g/mol. The van der Waals surface area contributed by atoms with Gasteiger partial charge >= 0.3 is 12.1 Å². The van der Waals surface area contributed by atoms with Gasteiger partial charge in [0, 0.05) is 19.5 Å². The summed E-state index contributed by atoms with van der Waals surface area (Å²) in [7, 11) is 0. The molecule has 0 saturated heterocycles. The summed E-state index contributed by atoms with van der Waals surface area (Å²) in [6, 6.07) is 26.5. The molecule has 3 N–H and O–H groups in total. The molecule has 0 fully saturated rings. The van der Waals surface area contributed by atoms with Gasteiger partial charge in [0.05, 0.1) is 30.5 Å². The number of ether oxygens (including phenoxy) is 2. The molecule has 0 unspecified atom stereocenters. The minimum atomic E-state index is -0.636. The standard InChI is InChI=1S/C43H53N3O7/c47-29-39-26-34-19-11-12-22-37(34)28-46(39)40(48)27-35-20-9-1-2-10-21-36(25-32-15-5-3-6-16-32)42(50)52-31-38(45-41(35)49)23-13-14-24-44-43(51)53-30-33-17-7-4-8-18-33/h1,3-9,11-12,15-19,22,35-36,38-39,47H,2,10,13-14,20-21,23-31H2,(H,44,51)(H,45,49)/t35-,36-,38+,39+/m1/s1. The van der Waals surface area contributed by atoms with Crippen LogP contribution in [0.25, 0.3) is 0 Å². The summed E-state index contributed by atoms with van der Waals surface area (Å²) in [6.07, 6.45) is 9.00. The highest BCUT2D eigenvalue weighted by Gasteiger charge is 2.33. The zero-order valence-corrected chi connectivity index (χ0v) is 30.5. The highest BCUT2D eigenvalue weighted by molar-refractivity contribution is 5.86. The smallest absolute Gasteiger partial charge is 0.407 e. The van der Waals surface area contributed by atoms with E-state index >= 15 is 0 Å². The second-order valence-electron chi connectivity index (χ2n) is 14.1. The van der Waals surface area contributed by atoms with E-state index in [1.165, 1.54) is 0 Å². The van der Waals surface area contributed by atoms with Gasteiger partial charge in [-0.25, -0.2) is 4.79 Å². The normalized spacial score (nSPS) is 21.0. The zero-order valence-electron chi connectivity index (χ0n) is 30.5. The fourth-order valence-electron chi connectivity index (χ4n) is 7.01. The van der Waals surface area contributed by atoms with Crippen molar-refractivity contribution in [2.45, 2.75) is 89.4 Å². The van der Waals surface area contributed by atoms with E-state index in [0.717, 1.165) is 35.1 Å². The Balaban J connectivity index is 1.22. The van der Waals surface area contributed by atoms with Crippen molar-refractivity contribution in [2.24, 2.45) is 11.8 Å². The Morgan fingerprint density at radius 1 is 0.887 bits per heavy atom. The van der Waals surface area contributed by atoms with Crippen molar-refractivity contribution in [1.82, 2.24) is 15.5 Å². The van der Waals surface area contributed by atoms with E-state index in [0.29, 0.717) is 58.0 Å². The summed E-state index contributed by atoms with van der Waals surface area (Å²) in [5, 5.41) is 16.1. The van der Waals surface area contributed by atoms with Gasteiger partial charge in [-0.3, -0.25) is 14.4 Å². The number of amides is 3. The first-order chi connectivity index (χ1) is 25.9. The highest BCUT2D eigenvalue weighted by Crippen LogP contribution is 2.26. The highest BCUT2D eigenvalue weighted by atomic mass is 16.5. The average molecular weight is 724 g/mol. The number of allylic oxidation sites excluding steroid dienone is 2. The van der Waals surface area contributed by atoms with Gasteiger partial charge in [0.15, 0.2) is 0 Å². The molecule has 3 aromatic carbocycles. The topological polar surface area (TPSA) is 134 Å². The summed E-state index contributed by atoms with van der Waals surface area (Å²) >= 11 is 0. The van der Waals surface area contributed by atoms with E-state index in [-0.39, 0.29) is 56.0 Å². The lowest BCUT2D eigenvalue weighted by Gasteiger charge is -2.36. The van der Waals surface area contributed by atoms with Crippen LogP contribution in [0.5, 0.6) is 0 Å². The Kier molecular flexibility index (Phi) is 15.5. The van der Waals surface area contributed by atoms with Crippen molar-refractivity contribution in [3.63, 3.8) is 0 Å². The number of aliphatic hydroxyl groups excluding tert-OH is 1. The van der Waals surface area contributed by atoms with E-state index in [1.807, 2.05) is 97.1 Å². The molecule has 0 spiro atoms. The lowest BCUT2D eigenvalue weighted by atomic mass is 9.92. The van der Waals surface area contributed by atoms with Crippen molar-refractivity contribution in [2.75, 3.05) is 19.8 Å². The number of unbranched alkanes of at least 4 members (excludes halogenated alkanes) is 1. The lowest BCUT2D eigenvalue weighted by molar-refractivity contribution is -0.150. The molecule has 2 aliphatic rings. The molecular weight excluding hydrogens is 670 g/mol. The molecule has 282 valence electrons. The van der Waals surface area contributed by atoms with Crippen LogP contribution >= 0.6 is 0 Å². The number of nitrogens with zero attached hydrogens (tertiary/aromatic N) is 1. The van der Waals surface area contributed by atoms with E-state index < -0.39 is 18.1 Å². The fraction of sp³-hybridized carbons (Fsp3) is 0.442. The Hall–Kier alpha value is -4.96. The number of carbonyl (C=O) groups excluding carboxylic acids is 4. The number of fused-ring (bicyclic) bond motifs is 1. The number of aliphatic hydroxyl groups is 1. The minimum Gasteiger partial charge on any atom is -0.463 e. The molecule has 0 saturated carbocycles. The molecule has 0 radical (unpaired) electrons. The van der Waals surface area contributed by atoms with E-state index in [9.17, 15) is 24.3 Å². The summed E-state index contributed by atoms with van der Waals surface area (Å²) in [4.78, 5) is 55.1. The summed E-state index contributed by atoms with van der Waals surface area (Å²) in [5.41, 5.74) is 4.14. The molecule has 10 nitrogen and oxygen atoms in total. The van der Waals surface area contributed by atoms with Crippen molar-refractivity contribution in [3.8, 4) is 0 Å². The Labute approximate surface area is 312 Å². The molecule has 53 heavy (non-hydrogen) atoms. The maximum Gasteiger partial charge on any atom is 0.407 e. The molecule has 10 heteroatoms. The number of rotatable bonds is 12. The van der Waals surface area contributed by atoms with Crippen LogP contribution in [0.15, 0.2) is 97.1 Å². The maximum atomic E-state index is 13.9. The van der Waals surface area contributed by atoms with Gasteiger partial charge in [-0.15, -0.1) is 0 Å². The minimum absolute atomic E-state index is 0.00445. The quantitative estimate of drug-likeness (QED) is 0.118. The first-order valence-electron chi connectivity index (χ1n) is 19.0. The Morgan fingerprint density at radius 2 is 1.60 bits per heavy atom. The van der Waals surface area contributed by atoms with Gasteiger partial charge in [-0.2, -0.15) is 0 Å². The van der Waals surface area contributed by atoms with Crippen LogP contribution < -0.4 is 10.6 Å². The molecule has 3 aromatic rings. The third kappa shape index (κ3) is 12.6. The number of esters is 1. The zero-order chi connectivity index (χ0) is 37.3. The van der Waals surface area contributed by atoms with Crippen LogP contribution in [0.4, 0.5) is 4.79 Å². The number of hydrogen-bond donors (Lipinski definition) is 3. The predicted octanol–water partition coefficient (Wildman–Crippen LogP) is 6.05. The molecule has 0 bridgehead atoms. The largest absolute Gasteiger partial charge is 0.463 e. The molecule has 4 atom stereocenters. The third-order valence-electron chi connectivity index (χ3n) is 10.1. The van der Waals surface area contributed by atoms with Gasteiger partial charge in [-0.1, -0.05) is 97.1 Å². The van der Waals surface area contributed by atoms with Gasteiger partial charge in [-0.05, 0) is 80.0 Å². The van der Waals surface area contributed by atoms with E-state index in [1.54, 1.807) is 4.90 Å². The number of nitrogens with one attached hydrogen (secondary N) is 2. The second-order valence-corrected chi connectivity index (χ2v) is 14.1. The van der Waals surface area contributed by atoms with Crippen LogP contribution in [0.1, 0.15) is 73.6 Å². The first kappa shape index (κ1) is 39.3. The second kappa shape index (κ2) is 20.9. The number of alkyl carbamates (subject to hydrolysis) is 1. The lowest BCUT2D eigenvalue weighted by Crippen LogP contribution is -2.48. The number of benzene rings is 3. The van der Waals surface area contributed by atoms with Gasteiger partial charge in [0.25, 0.3) is 0 Å². The van der Waals surface area contributed by atoms with Crippen LogP contribution in [-0.2, 0) is 49.9 Å². The summed E-state index contributed by atoms with van der Waals surface area (Å²) < 4.78 is 11.2. The number of cyclic esters (lactones) is 1. The molecular formula is C43H53N3O7. The van der Waals surface area contributed by atoms with E-state index in [2.05, 4.69) is 10.6 Å². The van der Waals surface area contributed by atoms with Crippen molar-refractivity contribution < 1.29 is 33.8 Å². The molecule has 0 aromatic heterocycles. The average Bonchev–Trinajstić information content (AvgIpc) is 3.18. The summed E-state index contributed by atoms with van der Waals surface area (Å²) in [5.74, 6) is -1.68. The van der Waals surface area contributed by atoms with Crippen molar-refractivity contribution in [1.29, 1.82) is 0 Å². The van der Waals surface area contributed by atoms with Crippen molar-refractivity contribution in [3.05, 3.63) is 119 Å². The maximum absolute atomic E-state index is 13.9. The number of carbonyl (C=O) groups is 4. The van der Waals surface area contributed by atoms with Gasteiger partial charge < -0.3 is 30.1 Å². The number of hydrogen-bond acceptors (Lipinski definition) is 7. The SMILES string of the molecule is O=C(NCCCC[C@H]1COC(=O)[C@@H](Cc2ccccc2)CCCC=CC[C@H](CC(=O)N2Cc3ccccc3C[C@H]2CO)C(=O)N1)OCc1ccccc1. The van der Waals surface area contributed by atoms with Crippen LogP contribution in [-0.4, -0.2) is 65.7 Å². The molecule has 0 aliphatic carbocycles. The molecule has 2 aliphatic heterocycles. The van der Waals surface area contributed by atoms with Crippen molar-refractivity contribution >= 4 is 23.9 Å². The van der Waals surface area contributed by atoms with Crippen LogP contribution in [0.2, 0.25) is 0 Å². The molecule has 5 rings (SSSR count). The van der Waals surface area contributed by atoms with E-state index in [4.69, 9.17) is 9.47 Å².